The smallest absolute Gasteiger partial charge is 0.257 e. The number of amides is 1. The molecule has 2 N–H and O–H groups in total. The van der Waals surface area contributed by atoms with Gasteiger partial charge in [0.1, 0.15) is 6.33 Å². The first-order valence-corrected chi connectivity index (χ1v) is 3.95. The van der Waals surface area contributed by atoms with Gasteiger partial charge in [0.2, 0.25) is 0 Å². The van der Waals surface area contributed by atoms with Gasteiger partial charge in [-0.25, -0.2) is 4.98 Å². The number of hydrogen-bond donors (Lipinski definition) is 2. The van der Waals surface area contributed by atoms with Gasteiger partial charge in [0.05, 0.1) is 0 Å². The number of nitrogens with one attached hydrogen (secondary N) is 2. The quantitative estimate of drug-likeness (QED) is 0.669. The standard InChI is InChI=1S/C7H12N4O2/c1-3-8-7(12)5(13-2)6-9-4-10-11-6/h4-5H,3H2,1-2H3,(H,8,12)(H,9,10,11). The summed E-state index contributed by atoms with van der Waals surface area (Å²) in [6.45, 7) is 2.40. The Hall–Kier alpha value is -1.43. The third-order valence-electron chi connectivity index (χ3n) is 1.51. The van der Waals surface area contributed by atoms with Crippen molar-refractivity contribution in [3.8, 4) is 0 Å². The summed E-state index contributed by atoms with van der Waals surface area (Å²) in [7, 11) is 1.45. The molecule has 1 aromatic rings. The molecule has 0 saturated heterocycles. The van der Waals surface area contributed by atoms with Crippen LogP contribution < -0.4 is 5.32 Å². The lowest BCUT2D eigenvalue weighted by molar-refractivity contribution is -0.131. The summed E-state index contributed by atoms with van der Waals surface area (Å²) < 4.78 is 4.96. The molecular formula is C7H12N4O2. The molecule has 1 heterocycles. The van der Waals surface area contributed by atoms with Crippen molar-refractivity contribution >= 4 is 5.91 Å². The van der Waals surface area contributed by atoms with Crippen LogP contribution in [0.15, 0.2) is 6.33 Å². The lowest BCUT2D eigenvalue weighted by Crippen LogP contribution is -2.30. The van der Waals surface area contributed by atoms with Crippen LogP contribution in [0.5, 0.6) is 0 Å². The summed E-state index contributed by atoms with van der Waals surface area (Å²) in [6, 6.07) is 0. The Morgan fingerprint density at radius 1 is 1.85 bits per heavy atom. The molecule has 1 unspecified atom stereocenters. The Kier molecular flexibility index (Phi) is 3.39. The van der Waals surface area contributed by atoms with E-state index >= 15 is 0 Å². The van der Waals surface area contributed by atoms with E-state index in [1.165, 1.54) is 13.4 Å². The van der Waals surface area contributed by atoms with E-state index in [2.05, 4.69) is 20.5 Å². The van der Waals surface area contributed by atoms with Gasteiger partial charge in [-0.15, -0.1) is 0 Å². The molecule has 0 bridgehead atoms. The van der Waals surface area contributed by atoms with Crippen molar-refractivity contribution in [3.05, 3.63) is 12.2 Å². The van der Waals surface area contributed by atoms with Gasteiger partial charge in [0.15, 0.2) is 11.9 Å². The third-order valence-corrected chi connectivity index (χ3v) is 1.51. The maximum atomic E-state index is 11.3. The van der Waals surface area contributed by atoms with E-state index in [9.17, 15) is 4.79 Å². The number of aromatic nitrogens is 3. The topological polar surface area (TPSA) is 79.9 Å². The number of H-pyrrole nitrogens is 1. The number of aromatic amines is 1. The van der Waals surface area contributed by atoms with Crippen molar-refractivity contribution < 1.29 is 9.53 Å². The number of carbonyl (C=O) groups excluding carboxylic acids is 1. The average Bonchev–Trinajstić information content (AvgIpc) is 2.59. The largest absolute Gasteiger partial charge is 0.364 e. The van der Waals surface area contributed by atoms with Gasteiger partial charge in [-0.1, -0.05) is 0 Å². The zero-order valence-corrected chi connectivity index (χ0v) is 7.57. The van der Waals surface area contributed by atoms with Gasteiger partial charge in [-0.05, 0) is 6.92 Å². The highest BCUT2D eigenvalue weighted by Gasteiger charge is 2.21. The van der Waals surface area contributed by atoms with Gasteiger partial charge >= 0.3 is 0 Å². The molecule has 0 fully saturated rings. The molecule has 6 nitrogen and oxygen atoms in total. The second-order valence-corrected chi connectivity index (χ2v) is 2.38. The fourth-order valence-corrected chi connectivity index (χ4v) is 0.951. The molecule has 1 rings (SSSR count). The maximum absolute atomic E-state index is 11.3. The summed E-state index contributed by atoms with van der Waals surface area (Å²) in [4.78, 5) is 15.2. The zero-order chi connectivity index (χ0) is 9.68. The highest BCUT2D eigenvalue weighted by molar-refractivity contribution is 5.81. The second kappa shape index (κ2) is 4.56. The highest BCUT2D eigenvalue weighted by Crippen LogP contribution is 2.09. The summed E-state index contributed by atoms with van der Waals surface area (Å²) in [5.41, 5.74) is 0. The maximum Gasteiger partial charge on any atom is 0.257 e. The molecule has 1 aromatic heterocycles. The summed E-state index contributed by atoms with van der Waals surface area (Å²) in [5.74, 6) is 0.190. The lowest BCUT2D eigenvalue weighted by Gasteiger charge is -2.10. The summed E-state index contributed by atoms with van der Waals surface area (Å²) in [6.07, 6.45) is 0.628. The molecule has 72 valence electrons. The van der Waals surface area contributed by atoms with E-state index < -0.39 is 6.10 Å². The first-order chi connectivity index (χ1) is 6.29. The second-order valence-electron chi connectivity index (χ2n) is 2.38. The van der Waals surface area contributed by atoms with Crippen LogP contribution in [0.25, 0.3) is 0 Å². The normalized spacial score (nSPS) is 12.5. The Bertz CT molecular complexity index is 259. The number of methoxy groups -OCH3 is 1. The van der Waals surface area contributed by atoms with Crippen molar-refractivity contribution in [3.63, 3.8) is 0 Å². The van der Waals surface area contributed by atoms with Crippen molar-refractivity contribution in [1.82, 2.24) is 20.5 Å². The minimum absolute atomic E-state index is 0.221. The number of likely N-dealkylation sites (N-methyl/N-ethyl adjacent to an activating group) is 1. The number of nitrogens with zero attached hydrogens (tertiary/aromatic N) is 2. The average molecular weight is 184 g/mol. The molecular weight excluding hydrogens is 172 g/mol. The van der Waals surface area contributed by atoms with Gasteiger partial charge in [0.25, 0.3) is 5.91 Å². The molecule has 13 heavy (non-hydrogen) atoms. The predicted molar refractivity (Wildman–Crippen MR) is 44.8 cm³/mol. The fraction of sp³-hybridized carbons (Fsp3) is 0.571. The Balaban J connectivity index is 2.68. The van der Waals surface area contributed by atoms with Crippen LogP contribution in [0.4, 0.5) is 0 Å². The molecule has 0 saturated carbocycles. The van der Waals surface area contributed by atoms with Crippen molar-refractivity contribution in [2.75, 3.05) is 13.7 Å². The number of hydrogen-bond acceptors (Lipinski definition) is 4. The Morgan fingerprint density at radius 3 is 3.08 bits per heavy atom. The van der Waals surface area contributed by atoms with Gasteiger partial charge in [0, 0.05) is 13.7 Å². The number of ether oxygens (including phenoxy) is 1. The molecule has 0 aliphatic heterocycles. The molecule has 0 aliphatic carbocycles. The van der Waals surface area contributed by atoms with Crippen LogP contribution in [-0.2, 0) is 9.53 Å². The Labute approximate surface area is 75.7 Å². The summed E-state index contributed by atoms with van der Waals surface area (Å²) in [5, 5.41) is 8.85. The SMILES string of the molecule is CCNC(=O)C(OC)c1ncn[nH]1. The van der Waals surface area contributed by atoms with Crippen LogP contribution in [-0.4, -0.2) is 34.7 Å². The molecule has 6 heteroatoms. The molecule has 1 atom stereocenters. The first-order valence-electron chi connectivity index (χ1n) is 3.95. The minimum atomic E-state index is -0.706. The lowest BCUT2D eigenvalue weighted by atomic mass is 10.3. The van der Waals surface area contributed by atoms with Gasteiger partial charge < -0.3 is 10.1 Å². The van der Waals surface area contributed by atoms with Crippen molar-refractivity contribution in [2.45, 2.75) is 13.0 Å². The monoisotopic (exact) mass is 184 g/mol. The van der Waals surface area contributed by atoms with E-state index in [0.29, 0.717) is 12.4 Å². The van der Waals surface area contributed by atoms with Gasteiger partial charge in [-0.3, -0.25) is 9.89 Å². The molecule has 0 radical (unpaired) electrons. The zero-order valence-electron chi connectivity index (χ0n) is 7.57. The Morgan fingerprint density at radius 2 is 2.62 bits per heavy atom. The number of carbonyl (C=O) groups is 1. The van der Waals surface area contributed by atoms with Crippen molar-refractivity contribution in [2.24, 2.45) is 0 Å². The highest BCUT2D eigenvalue weighted by atomic mass is 16.5. The summed E-state index contributed by atoms with van der Waals surface area (Å²) >= 11 is 0. The predicted octanol–water partition coefficient (Wildman–Crippen LogP) is -0.372. The third kappa shape index (κ3) is 2.25. The van der Waals surface area contributed by atoms with E-state index in [0.717, 1.165) is 0 Å². The van der Waals surface area contributed by atoms with Crippen LogP contribution in [0.2, 0.25) is 0 Å². The van der Waals surface area contributed by atoms with Crippen LogP contribution in [0, 0.1) is 0 Å². The van der Waals surface area contributed by atoms with Crippen LogP contribution in [0.3, 0.4) is 0 Å². The van der Waals surface area contributed by atoms with E-state index in [1.807, 2.05) is 6.92 Å². The van der Waals surface area contributed by atoms with E-state index in [1.54, 1.807) is 0 Å². The minimum Gasteiger partial charge on any atom is -0.364 e. The number of rotatable bonds is 4. The van der Waals surface area contributed by atoms with E-state index in [-0.39, 0.29) is 5.91 Å². The molecule has 0 spiro atoms. The van der Waals surface area contributed by atoms with E-state index in [4.69, 9.17) is 4.74 Å². The first kappa shape index (κ1) is 9.66. The molecule has 1 amide bonds. The van der Waals surface area contributed by atoms with Crippen LogP contribution >= 0.6 is 0 Å². The molecule has 0 aliphatic rings. The van der Waals surface area contributed by atoms with Crippen molar-refractivity contribution in [1.29, 1.82) is 0 Å². The molecule has 0 aromatic carbocycles. The van der Waals surface area contributed by atoms with Gasteiger partial charge in [-0.2, -0.15) is 5.10 Å². The fourth-order valence-electron chi connectivity index (χ4n) is 0.951. The van der Waals surface area contributed by atoms with Crippen LogP contribution in [0.1, 0.15) is 18.9 Å².